The van der Waals surface area contributed by atoms with Gasteiger partial charge in [-0.15, -0.1) is 12.4 Å². The molecular formula is C11H16BrCl2FN2O3S. The smallest absolute Gasteiger partial charge is 0.243 e. The van der Waals surface area contributed by atoms with Crippen molar-refractivity contribution in [3.05, 3.63) is 27.4 Å². The molecule has 0 spiro atoms. The van der Waals surface area contributed by atoms with Gasteiger partial charge < -0.3 is 10.1 Å². The Morgan fingerprint density at radius 2 is 2.00 bits per heavy atom. The average molecular weight is 426 g/mol. The number of nitrogens with one attached hydrogen (secondary N) is 2. The molecular weight excluding hydrogens is 410 g/mol. The van der Waals surface area contributed by atoms with E-state index in [1.807, 2.05) is 0 Å². The molecule has 5 nitrogen and oxygen atoms in total. The molecule has 1 aromatic rings. The van der Waals surface area contributed by atoms with Gasteiger partial charge in [-0.3, -0.25) is 0 Å². The fourth-order valence-electron chi connectivity index (χ4n) is 1.43. The van der Waals surface area contributed by atoms with Crippen molar-refractivity contribution in [3.63, 3.8) is 0 Å². The first-order chi connectivity index (χ1) is 9.38. The summed E-state index contributed by atoms with van der Waals surface area (Å²) in [6, 6.07) is 2.01. The Morgan fingerprint density at radius 1 is 1.33 bits per heavy atom. The highest BCUT2D eigenvalue weighted by Crippen LogP contribution is 2.30. The summed E-state index contributed by atoms with van der Waals surface area (Å²) in [5.74, 6) is -0.609. The minimum atomic E-state index is -3.80. The molecule has 0 heterocycles. The second-order valence-corrected chi connectivity index (χ2v) is 6.80. The van der Waals surface area contributed by atoms with Crippen molar-refractivity contribution in [1.29, 1.82) is 0 Å². The molecule has 10 heteroatoms. The standard InChI is InChI=1S/C11H15BrClFN2O3S.ClH/c1-19-5-4-15-2-3-16-20(17,18)11-9(12)6-8(14)7-10(11)13;/h6-7,15-16H,2-5H2,1H3;1H. The normalized spacial score (nSPS) is 11.2. The van der Waals surface area contributed by atoms with Crippen molar-refractivity contribution in [1.82, 2.24) is 10.0 Å². The van der Waals surface area contributed by atoms with Gasteiger partial charge in [0, 0.05) is 31.2 Å². The van der Waals surface area contributed by atoms with Crippen molar-refractivity contribution >= 4 is 50.0 Å². The summed E-state index contributed by atoms with van der Waals surface area (Å²) in [6.07, 6.45) is 0. The number of methoxy groups -OCH3 is 1. The quantitative estimate of drug-likeness (QED) is 0.626. The molecule has 0 fully saturated rings. The SMILES string of the molecule is COCCNCCNS(=O)(=O)c1c(Cl)cc(F)cc1Br.Cl. The predicted molar refractivity (Wildman–Crippen MR) is 86.3 cm³/mol. The van der Waals surface area contributed by atoms with Crippen LogP contribution in [0.1, 0.15) is 0 Å². The highest BCUT2D eigenvalue weighted by molar-refractivity contribution is 9.10. The Kier molecular flexibility index (Phi) is 9.96. The third kappa shape index (κ3) is 6.77. The van der Waals surface area contributed by atoms with E-state index in [0.717, 1.165) is 12.1 Å². The summed E-state index contributed by atoms with van der Waals surface area (Å²) in [5, 5.41) is 2.82. The van der Waals surface area contributed by atoms with Crippen LogP contribution >= 0.6 is 39.9 Å². The van der Waals surface area contributed by atoms with Crippen LogP contribution in [0, 0.1) is 5.82 Å². The molecule has 1 rings (SSSR count). The Bertz CT molecular complexity index is 537. The van der Waals surface area contributed by atoms with Crippen molar-refractivity contribution < 1.29 is 17.5 Å². The number of hydrogen-bond donors (Lipinski definition) is 2. The Balaban J connectivity index is 0.00000400. The molecule has 0 saturated carbocycles. The van der Waals surface area contributed by atoms with Gasteiger partial charge in [-0.2, -0.15) is 0 Å². The van der Waals surface area contributed by atoms with E-state index in [-0.39, 0.29) is 33.3 Å². The van der Waals surface area contributed by atoms with Gasteiger partial charge in [-0.25, -0.2) is 17.5 Å². The minimum Gasteiger partial charge on any atom is -0.383 e. The summed E-state index contributed by atoms with van der Waals surface area (Å²) in [5.41, 5.74) is 0. The largest absolute Gasteiger partial charge is 0.383 e. The minimum absolute atomic E-state index is 0. The van der Waals surface area contributed by atoms with Crippen LogP contribution in [0.25, 0.3) is 0 Å². The van der Waals surface area contributed by atoms with E-state index in [1.54, 1.807) is 7.11 Å². The molecule has 0 aromatic heterocycles. The maximum absolute atomic E-state index is 13.1. The summed E-state index contributed by atoms with van der Waals surface area (Å²) >= 11 is 8.78. The third-order valence-corrected chi connectivity index (χ3v) is 5.17. The zero-order chi connectivity index (χ0) is 15.2. The van der Waals surface area contributed by atoms with Crippen molar-refractivity contribution in [2.75, 3.05) is 33.4 Å². The van der Waals surface area contributed by atoms with Crippen molar-refractivity contribution in [2.45, 2.75) is 4.90 Å². The van der Waals surface area contributed by atoms with E-state index in [0.29, 0.717) is 19.7 Å². The molecule has 0 unspecified atom stereocenters. The zero-order valence-corrected chi connectivity index (χ0v) is 15.1. The highest BCUT2D eigenvalue weighted by atomic mass is 79.9. The van der Waals surface area contributed by atoms with Crippen LogP contribution in [0.5, 0.6) is 0 Å². The first-order valence-corrected chi connectivity index (χ1v) is 8.37. The molecule has 2 N–H and O–H groups in total. The van der Waals surface area contributed by atoms with Gasteiger partial charge in [0.25, 0.3) is 0 Å². The lowest BCUT2D eigenvalue weighted by Crippen LogP contribution is -2.33. The van der Waals surface area contributed by atoms with Crippen LogP contribution in [0.2, 0.25) is 5.02 Å². The summed E-state index contributed by atoms with van der Waals surface area (Å²) < 4.78 is 44.5. The van der Waals surface area contributed by atoms with Crippen LogP contribution in [0.3, 0.4) is 0 Å². The second kappa shape index (κ2) is 9.94. The van der Waals surface area contributed by atoms with E-state index >= 15 is 0 Å². The molecule has 1 aromatic carbocycles. The molecule has 0 aliphatic carbocycles. The van der Waals surface area contributed by atoms with Crippen LogP contribution in [-0.4, -0.2) is 41.8 Å². The molecule has 0 amide bonds. The molecule has 0 radical (unpaired) electrons. The fourth-order valence-corrected chi connectivity index (χ4v) is 4.27. The number of halogens is 4. The van der Waals surface area contributed by atoms with Crippen LogP contribution in [-0.2, 0) is 14.8 Å². The van der Waals surface area contributed by atoms with E-state index in [4.69, 9.17) is 16.3 Å². The first kappa shape index (κ1) is 21.0. The topological polar surface area (TPSA) is 67.4 Å². The van der Waals surface area contributed by atoms with Gasteiger partial charge in [-0.1, -0.05) is 11.6 Å². The molecule has 122 valence electrons. The fraction of sp³-hybridized carbons (Fsp3) is 0.455. The van der Waals surface area contributed by atoms with E-state index in [9.17, 15) is 12.8 Å². The van der Waals surface area contributed by atoms with Crippen LogP contribution in [0.15, 0.2) is 21.5 Å². The summed E-state index contributed by atoms with van der Waals surface area (Å²) in [7, 11) is -2.22. The Labute approximate surface area is 143 Å². The van der Waals surface area contributed by atoms with Crippen LogP contribution in [0.4, 0.5) is 4.39 Å². The molecule has 0 atom stereocenters. The summed E-state index contributed by atoms with van der Waals surface area (Å²) in [6.45, 7) is 1.80. The lowest BCUT2D eigenvalue weighted by atomic mass is 10.3. The van der Waals surface area contributed by atoms with Gasteiger partial charge >= 0.3 is 0 Å². The van der Waals surface area contributed by atoms with E-state index in [2.05, 4.69) is 26.0 Å². The average Bonchev–Trinajstić information content (AvgIpc) is 2.31. The predicted octanol–water partition coefficient (Wildman–Crippen LogP) is 2.18. The number of hydrogen-bond acceptors (Lipinski definition) is 4. The second-order valence-electron chi connectivity index (χ2n) is 3.84. The van der Waals surface area contributed by atoms with Gasteiger partial charge in [0.1, 0.15) is 10.7 Å². The number of sulfonamides is 1. The van der Waals surface area contributed by atoms with E-state index in [1.165, 1.54) is 0 Å². The van der Waals surface area contributed by atoms with Crippen LogP contribution < -0.4 is 10.0 Å². The monoisotopic (exact) mass is 424 g/mol. The lowest BCUT2D eigenvalue weighted by molar-refractivity contribution is 0.199. The van der Waals surface area contributed by atoms with Gasteiger partial charge in [0.05, 0.1) is 11.6 Å². The number of benzene rings is 1. The maximum atomic E-state index is 13.1. The highest BCUT2D eigenvalue weighted by Gasteiger charge is 2.21. The summed E-state index contributed by atoms with van der Waals surface area (Å²) in [4.78, 5) is -0.169. The first-order valence-electron chi connectivity index (χ1n) is 5.72. The van der Waals surface area contributed by atoms with Crippen molar-refractivity contribution in [3.8, 4) is 0 Å². The molecule has 0 aliphatic heterocycles. The zero-order valence-electron chi connectivity index (χ0n) is 11.2. The van der Waals surface area contributed by atoms with Crippen molar-refractivity contribution in [2.24, 2.45) is 0 Å². The Morgan fingerprint density at radius 3 is 2.57 bits per heavy atom. The van der Waals surface area contributed by atoms with Gasteiger partial charge in [0.15, 0.2) is 0 Å². The Hall–Kier alpha value is 0.0400. The van der Waals surface area contributed by atoms with Gasteiger partial charge in [0.2, 0.25) is 10.0 Å². The maximum Gasteiger partial charge on any atom is 0.243 e. The molecule has 0 saturated heterocycles. The number of ether oxygens (including phenoxy) is 1. The molecule has 0 aliphatic rings. The third-order valence-electron chi connectivity index (χ3n) is 2.31. The lowest BCUT2D eigenvalue weighted by Gasteiger charge is -2.11. The van der Waals surface area contributed by atoms with E-state index < -0.39 is 15.8 Å². The molecule has 21 heavy (non-hydrogen) atoms. The van der Waals surface area contributed by atoms with Gasteiger partial charge in [-0.05, 0) is 28.1 Å². The molecule has 0 bridgehead atoms. The number of rotatable bonds is 8.